The van der Waals surface area contributed by atoms with Crippen molar-refractivity contribution < 1.29 is 8.78 Å². The molecule has 0 amide bonds. The monoisotopic (exact) mass is 253 g/mol. The maximum atomic E-state index is 13.3. The van der Waals surface area contributed by atoms with Gasteiger partial charge in [-0.15, -0.1) is 0 Å². The molecular formula is C13H10ClF2N. The van der Waals surface area contributed by atoms with Crippen molar-refractivity contribution in [2.24, 2.45) is 0 Å². The van der Waals surface area contributed by atoms with Crippen molar-refractivity contribution in [1.29, 1.82) is 0 Å². The minimum atomic E-state index is -0.572. The molecule has 0 aliphatic rings. The third-order valence-corrected chi connectivity index (χ3v) is 2.59. The van der Waals surface area contributed by atoms with Gasteiger partial charge in [0.1, 0.15) is 11.6 Å². The summed E-state index contributed by atoms with van der Waals surface area (Å²) >= 11 is 5.74. The number of rotatable bonds is 3. The van der Waals surface area contributed by atoms with Crippen molar-refractivity contribution in [2.75, 3.05) is 5.32 Å². The van der Waals surface area contributed by atoms with Crippen LogP contribution in [0.3, 0.4) is 0 Å². The quantitative estimate of drug-likeness (QED) is 0.863. The second kappa shape index (κ2) is 5.15. The Bertz CT molecular complexity index is 511. The van der Waals surface area contributed by atoms with E-state index >= 15 is 0 Å². The van der Waals surface area contributed by atoms with E-state index < -0.39 is 11.6 Å². The average molecular weight is 254 g/mol. The van der Waals surface area contributed by atoms with Crippen LogP contribution in [0, 0.1) is 11.6 Å². The van der Waals surface area contributed by atoms with Crippen LogP contribution in [0.4, 0.5) is 14.5 Å². The van der Waals surface area contributed by atoms with E-state index in [9.17, 15) is 8.78 Å². The van der Waals surface area contributed by atoms with Gasteiger partial charge in [0.05, 0.1) is 0 Å². The topological polar surface area (TPSA) is 12.0 Å². The third-order valence-electron chi connectivity index (χ3n) is 2.34. The van der Waals surface area contributed by atoms with Gasteiger partial charge in [0.15, 0.2) is 0 Å². The molecule has 0 aliphatic heterocycles. The van der Waals surface area contributed by atoms with Gasteiger partial charge in [-0.25, -0.2) is 8.78 Å². The van der Waals surface area contributed by atoms with E-state index in [2.05, 4.69) is 5.32 Å². The van der Waals surface area contributed by atoms with Crippen LogP contribution in [0.2, 0.25) is 5.02 Å². The molecular weight excluding hydrogens is 244 g/mol. The Morgan fingerprint density at radius 3 is 2.35 bits per heavy atom. The number of nitrogens with one attached hydrogen (secondary N) is 1. The maximum Gasteiger partial charge on any atom is 0.131 e. The molecule has 2 aromatic carbocycles. The van der Waals surface area contributed by atoms with Gasteiger partial charge < -0.3 is 5.32 Å². The van der Waals surface area contributed by atoms with Crippen LogP contribution in [0.25, 0.3) is 0 Å². The van der Waals surface area contributed by atoms with E-state index in [-0.39, 0.29) is 0 Å². The molecule has 0 atom stereocenters. The predicted molar refractivity (Wildman–Crippen MR) is 65.1 cm³/mol. The molecule has 2 rings (SSSR count). The molecule has 0 bridgehead atoms. The Morgan fingerprint density at radius 2 is 1.71 bits per heavy atom. The van der Waals surface area contributed by atoms with E-state index in [1.165, 1.54) is 12.1 Å². The minimum absolute atomic E-state index is 0.299. The fourth-order valence-corrected chi connectivity index (χ4v) is 1.56. The van der Waals surface area contributed by atoms with Crippen LogP contribution in [0.5, 0.6) is 0 Å². The highest BCUT2D eigenvalue weighted by Gasteiger charge is 2.03. The molecule has 0 aromatic heterocycles. The highest BCUT2D eigenvalue weighted by molar-refractivity contribution is 6.30. The molecule has 88 valence electrons. The van der Waals surface area contributed by atoms with Gasteiger partial charge in [-0.1, -0.05) is 17.7 Å². The SMILES string of the molecule is Fc1ccc(CNc2ccc(Cl)cc2)c(F)c1. The van der Waals surface area contributed by atoms with Crippen molar-refractivity contribution in [3.8, 4) is 0 Å². The van der Waals surface area contributed by atoms with Gasteiger partial charge in [-0.2, -0.15) is 0 Å². The van der Waals surface area contributed by atoms with Crippen molar-refractivity contribution in [1.82, 2.24) is 0 Å². The lowest BCUT2D eigenvalue weighted by molar-refractivity contribution is 0.574. The molecule has 0 saturated carbocycles. The van der Waals surface area contributed by atoms with Gasteiger partial charge in [-0.05, 0) is 30.3 Å². The maximum absolute atomic E-state index is 13.3. The van der Waals surface area contributed by atoms with E-state index in [4.69, 9.17) is 11.6 Å². The smallest absolute Gasteiger partial charge is 0.131 e. The van der Waals surface area contributed by atoms with Crippen LogP contribution >= 0.6 is 11.6 Å². The summed E-state index contributed by atoms with van der Waals surface area (Å²) in [7, 11) is 0. The molecule has 4 heteroatoms. The van der Waals surface area contributed by atoms with Crippen LogP contribution < -0.4 is 5.32 Å². The Kier molecular flexibility index (Phi) is 3.59. The molecule has 0 aliphatic carbocycles. The van der Waals surface area contributed by atoms with E-state index in [1.807, 2.05) is 0 Å². The summed E-state index contributed by atoms with van der Waals surface area (Å²) in [5.74, 6) is -1.12. The third kappa shape index (κ3) is 3.17. The summed E-state index contributed by atoms with van der Waals surface area (Å²) in [6, 6.07) is 10.6. The summed E-state index contributed by atoms with van der Waals surface area (Å²) in [5, 5.41) is 3.67. The molecule has 17 heavy (non-hydrogen) atoms. The molecule has 0 spiro atoms. The fourth-order valence-electron chi connectivity index (χ4n) is 1.43. The standard InChI is InChI=1S/C13H10ClF2N/c14-10-2-5-12(6-3-10)17-8-9-1-4-11(15)7-13(9)16/h1-7,17H,8H2. The Morgan fingerprint density at radius 1 is 1.00 bits per heavy atom. The molecule has 2 aromatic rings. The number of benzene rings is 2. The first-order valence-electron chi connectivity index (χ1n) is 5.08. The summed E-state index contributed by atoms with van der Waals surface area (Å²) in [6.45, 7) is 0.299. The van der Waals surface area contributed by atoms with Crippen LogP contribution in [0.1, 0.15) is 5.56 Å². The molecule has 0 fully saturated rings. The van der Waals surface area contributed by atoms with Gasteiger partial charge >= 0.3 is 0 Å². The first kappa shape index (κ1) is 11.9. The molecule has 0 saturated heterocycles. The van der Waals surface area contributed by atoms with Gasteiger partial charge in [0.25, 0.3) is 0 Å². The Hall–Kier alpha value is -1.61. The molecule has 1 nitrogen and oxygen atoms in total. The van der Waals surface area contributed by atoms with Crippen molar-refractivity contribution in [3.05, 3.63) is 64.7 Å². The Balaban J connectivity index is 2.04. The molecule has 1 N–H and O–H groups in total. The summed E-state index contributed by atoms with van der Waals surface area (Å²) in [6.07, 6.45) is 0. The number of anilines is 1. The summed E-state index contributed by atoms with van der Waals surface area (Å²) < 4.78 is 26.0. The predicted octanol–water partition coefficient (Wildman–Crippen LogP) is 4.23. The number of halogens is 3. The molecule has 0 radical (unpaired) electrons. The van der Waals surface area contributed by atoms with Crippen molar-refractivity contribution in [2.45, 2.75) is 6.54 Å². The number of hydrogen-bond acceptors (Lipinski definition) is 1. The lowest BCUT2D eigenvalue weighted by Gasteiger charge is -2.07. The number of hydrogen-bond donors (Lipinski definition) is 1. The fraction of sp³-hybridized carbons (Fsp3) is 0.0769. The molecule has 0 heterocycles. The first-order chi connectivity index (χ1) is 8.15. The van der Waals surface area contributed by atoms with Crippen LogP contribution in [-0.4, -0.2) is 0 Å². The van der Waals surface area contributed by atoms with Gasteiger partial charge in [0, 0.05) is 28.9 Å². The highest BCUT2D eigenvalue weighted by atomic mass is 35.5. The van der Waals surface area contributed by atoms with Crippen molar-refractivity contribution >= 4 is 17.3 Å². The second-order valence-corrected chi connectivity index (χ2v) is 4.03. The Labute approximate surface area is 103 Å². The van der Waals surface area contributed by atoms with Gasteiger partial charge in [0.2, 0.25) is 0 Å². The average Bonchev–Trinajstić information content (AvgIpc) is 2.30. The van der Waals surface area contributed by atoms with Crippen molar-refractivity contribution in [3.63, 3.8) is 0 Å². The second-order valence-electron chi connectivity index (χ2n) is 3.60. The van der Waals surface area contributed by atoms with Crippen LogP contribution in [-0.2, 0) is 6.54 Å². The zero-order chi connectivity index (χ0) is 12.3. The largest absolute Gasteiger partial charge is 0.381 e. The van der Waals surface area contributed by atoms with E-state index in [0.29, 0.717) is 17.1 Å². The summed E-state index contributed by atoms with van der Waals surface area (Å²) in [5.41, 5.74) is 1.25. The minimum Gasteiger partial charge on any atom is -0.381 e. The summed E-state index contributed by atoms with van der Waals surface area (Å²) in [4.78, 5) is 0. The lowest BCUT2D eigenvalue weighted by atomic mass is 10.2. The van der Waals surface area contributed by atoms with Gasteiger partial charge in [-0.3, -0.25) is 0 Å². The molecule has 0 unspecified atom stereocenters. The lowest BCUT2D eigenvalue weighted by Crippen LogP contribution is -2.01. The zero-order valence-corrected chi connectivity index (χ0v) is 9.64. The first-order valence-corrected chi connectivity index (χ1v) is 5.46. The normalized spacial score (nSPS) is 10.3. The zero-order valence-electron chi connectivity index (χ0n) is 8.88. The van der Waals surface area contributed by atoms with E-state index in [0.717, 1.165) is 11.8 Å². The highest BCUT2D eigenvalue weighted by Crippen LogP contribution is 2.15. The van der Waals surface area contributed by atoms with Crippen LogP contribution in [0.15, 0.2) is 42.5 Å². The van der Waals surface area contributed by atoms with E-state index in [1.54, 1.807) is 24.3 Å².